The minimum Gasteiger partial charge on any atom is -0.356 e. The molecule has 0 spiro atoms. The fourth-order valence-electron chi connectivity index (χ4n) is 2.10. The van der Waals surface area contributed by atoms with Crippen LogP contribution in [0.3, 0.4) is 0 Å². The molecule has 0 aliphatic carbocycles. The van der Waals surface area contributed by atoms with Crippen LogP contribution in [0.4, 0.5) is 8.78 Å². The molecule has 0 unspecified atom stereocenters. The van der Waals surface area contributed by atoms with E-state index in [1.807, 2.05) is 17.5 Å². The van der Waals surface area contributed by atoms with Gasteiger partial charge in [0.2, 0.25) is 5.91 Å². The fourth-order valence-corrected chi connectivity index (χ4v) is 2.74. The molecule has 1 aromatic carbocycles. The molecule has 0 radical (unpaired) electrons. The van der Waals surface area contributed by atoms with Crippen molar-refractivity contribution in [2.45, 2.75) is 13.0 Å². The summed E-state index contributed by atoms with van der Waals surface area (Å²) in [6, 6.07) is 7.33. The van der Waals surface area contributed by atoms with Gasteiger partial charge in [0.05, 0.1) is 6.54 Å². The summed E-state index contributed by atoms with van der Waals surface area (Å²) in [4.78, 5) is 18.6. The average molecular weight is 380 g/mol. The van der Waals surface area contributed by atoms with E-state index in [-0.39, 0.29) is 12.5 Å². The molecule has 0 saturated heterocycles. The Labute approximate surface area is 155 Å². The van der Waals surface area contributed by atoms with Crippen molar-refractivity contribution in [3.8, 4) is 0 Å². The van der Waals surface area contributed by atoms with Gasteiger partial charge in [0.25, 0.3) is 0 Å². The van der Waals surface area contributed by atoms with Gasteiger partial charge in [-0.1, -0.05) is 6.07 Å². The standard InChI is InChI=1S/C18H22F2N4OS/c1-24(2)17(25)12-23-18(22-11-15-4-3-9-26-15)21-8-7-13-10-14(19)5-6-16(13)20/h3-6,9-10H,7-8,11-12H2,1-2H3,(H2,21,22,23). The van der Waals surface area contributed by atoms with E-state index in [0.717, 1.165) is 17.0 Å². The van der Waals surface area contributed by atoms with Gasteiger partial charge in [-0.3, -0.25) is 4.79 Å². The first-order chi connectivity index (χ1) is 12.5. The smallest absolute Gasteiger partial charge is 0.243 e. The Morgan fingerprint density at radius 3 is 2.73 bits per heavy atom. The van der Waals surface area contributed by atoms with Gasteiger partial charge >= 0.3 is 0 Å². The van der Waals surface area contributed by atoms with Gasteiger partial charge in [-0.05, 0) is 41.6 Å². The lowest BCUT2D eigenvalue weighted by Gasteiger charge is -2.13. The molecule has 5 nitrogen and oxygen atoms in total. The van der Waals surface area contributed by atoms with Crippen molar-refractivity contribution in [1.82, 2.24) is 15.5 Å². The molecule has 0 saturated carbocycles. The highest BCUT2D eigenvalue weighted by Crippen LogP contribution is 2.10. The number of aliphatic imine (C=N–C) groups is 1. The number of hydrogen-bond donors (Lipinski definition) is 2. The first-order valence-corrected chi connectivity index (χ1v) is 9.02. The minimum atomic E-state index is -0.470. The maximum Gasteiger partial charge on any atom is 0.243 e. The summed E-state index contributed by atoms with van der Waals surface area (Å²) in [6.45, 7) is 0.919. The molecule has 2 N–H and O–H groups in total. The molecule has 1 amide bonds. The van der Waals surface area contributed by atoms with Gasteiger partial charge in [-0.15, -0.1) is 11.3 Å². The fraction of sp³-hybridized carbons (Fsp3) is 0.333. The topological polar surface area (TPSA) is 56.7 Å². The van der Waals surface area contributed by atoms with Gasteiger partial charge < -0.3 is 15.5 Å². The third kappa shape index (κ3) is 6.44. The summed E-state index contributed by atoms with van der Waals surface area (Å²) in [5, 5.41) is 8.17. The van der Waals surface area contributed by atoms with Crippen molar-refractivity contribution in [3.05, 3.63) is 57.8 Å². The van der Waals surface area contributed by atoms with Crippen LogP contribution in [0.5, 0.6) is 0 Å². The summed E-state index contributed by atoms with van der Waals surface area (Å²) in [5.41, 5.74) is 0.291. The van der Waals surface area contributed by atoms with Crippen LogP contribution in [-0.4, -0.2) is 44.0 Å². The number of rotatable bonds is 7. The largest absolute Gasteiger partial charge is 0.356 e. The van der Waals surface area contributed by atoms with Gasteiger partial charge in [0.1, 0.15) is 18.2 Å². The second-order valence-electron chi connectivity index (χ2n) is 5.80. The monoisotopic (exact) mass is 380 g/mol. The molecular weight excluding hydrogens is 358 g/mol. The van der Waals surface area contributed by atoms with Crippen LogP contribution in [0.2, 0.25) is 0 Å². The Kier molecular flexibility index (Phi) is 7.53. The number of nitrogens with one attached hydrogen (secondary N) is 2. The SMILES string of the molecule is CN(C)C(=O)CN=C(NCCc1cc(F)ccc1F)NCc1cccs1. The number of carbonyl (C=O) groups excluding carboxylic acids is 1. The average Bonchev–Trinajstić information content (AvgIpc) is 3.12. The van der Waals surface area contributed by atoms with E-state index in [2.05, 4.69) is 15.6 Å². The maximum absolute atomic E-state index is 13.7. The van der Waals surface area contributed by atoms with Crippen molar-refractivity contribution in [1.29, 1.82) is 0 Å². The molecular formula is C18H22F2N4OS. The molecule has 26 heavy (non-hydrogen) atoms. The van der Waals surface area contributed by atoms with Crippen molar-refractivity contribution in [3.63, 3.8) is 0 Å². The van der Waals surface area contributed by atoms with E-state index in [1.165, 1.54) is 11.0 Å². The minimum absolute atomic E-state index is 0.00109. The Morgan fingerprint density at radius 2 is 2.04 bits per heavy atom. The van der Waals surface area contributed by atoms with Crippen molar-refractivity contribution in [2.75, 3.05) is 27.2 Å². The van der Waals surface area contributed by atoms with Crippen LogP contribution in [0.25, 0.3) is 0 Å². The number of thiophene rings is 1. The predicted octanol–water partition coefficient (Wildman–Crippen LogP) is 2.39. The molecule has 2 rings (SSSR count). The first kappa shape index (κ1) is 19.8. The zero-order valence-corrected chi connectivity index (χ0v) is 15.6. The molecule has 140 valence electrons. The van der Waals surface area contributed by atoms with Crippen LogP contribution in [0, 0.1) is 11.6 Å². The normalized spacial score (nSPS) is 11.3. The van der Waals surface area contributed by atoms with E-state index >= 15 is 0 Å². The highest BCUT2D eigenvalue weighted by atomic mass is 32.1. The Morgan fingerprint density at radius 1 is 1.23 bits per heavy atom. The Balaban J connectivity index is 1.94. The zero-order chi connectivity index (χ0) is 18.9. The number of guanidine groups is 1. The number of likely N-dealkylation sites (N-methyl/N-ethyl adjacent to an activating group) is 1. The Hall–Kier alpha value is -2.48. The molecule has 2 aromatic rings. The molecule has 0 fully saturated rings. The molecule has 0 atom stereocenters. The summed E-state index contributed by atoms with van der Waals surface area (Å²) in [5.74, 6) is -0.590. The highest BCUT2D eigenvalue weighted by molar-refractivity contribution is 7.09. The zero-order valence-electron chi connectivity index (χ0n) is 14.8. The number of benzene rings is 1. The van der Waals surface area contributed by atoms with Crippen LogP contribution in [0.15, 0.2) is 40.7 Å². The molecule has 1 heterocycles. The summed E-state index contributed by atoms with van der Waals surface area (Å²) in [6.07, 6.45) is 0.297. The number of carbonyl (C=O) groups is 1. The van der Waals surface area contributed by atoms with E-state index in [0.29, 0.717) is 31.0 Å². The summed E-state index contributed by atoms with van der Waals surface area (Å²) >= 11 is 1.61. The number of amides is 1. The molecule has 0 aliphatic heterocycles. The lowest BCUT2D eigenvalue weighted by atomic mass is 10.1. The maximum atomic E-state index is 13.7. The third-order valence-electron chi connectivity index (χ3n) is 3.58. The van der Waals surface area contributed by atoms with E-state index < -0.39 is 11.6 Å². The highest BCUT2D eigenvalue weighted by Gasteiger charge is 2.07. The third-order valence-corrected chi connectivity index (χ3v) is 4.45. The van der Waals surface area contributed by atoms with E-state index in [4.69, 9.17) is 0 Å². The summed E-state index contributed by atoms with van der Waals surface area (Å²) < 4.78 is 26.9. The van der Waals surface area contributed by atoms with Crippen LogP contribution < -0.4 is 10.6 Å². The summed E-state index contributed by atoms with van der Waals surface area (Å²) in [7, 11) is 3.33. The molecule has 8 heteroatoms. The lowest BCUT2D eigenvalue weighted by Crippen LogP contribution is -2.39. The number of nitrogens with zero attached hydrogens (tertiary/aromatic N) is 2. The Bertz CT molecular complexity index is 748. The molecule has 0 aliphatic rings. The lowest BCUT2D eigenvalue weighted by molar-refractivity contribution is -0.127. The van der Waals surface area contributed by atoms with Gasteiger partial charge in [-0.2, -0.15) is 0 Å². The quantitative estimate of drug-likeness (QED) is 0.573. The first-order valence-electron chi connectivity index (χ1n) is 8.14. The van der Waals surface area contributed by atoms with Crippen LogP contribution in [0.1, 0.15) is 10.4 Å². The van der Waals surface area contributed by atoms with Crippen molar-refractivity contribution in [2.24, 2.45) is 4.99 Å². The molecule has 0 bridgehead atoms. The van der Waals surface area contributed by atoms with Gasteiger partial charge in [0, 0.05) is 25.5 Å². The second kappa shape index (κ2) is 9.86. The number of halogens is 2. The molecule has 1 aromatic heterocycles. The van der Waals surface area contributed by atoms with Crippen LogP contribution >= 0.6 is 11.3 Å². The van der Waals surface area contributed by atoms with Gasteiger partial charge in [-0.25, -0.2) is 13.8 Å². The second-order valence-corrected chi connectivity index (χ2v) is 6.83. The van der Waals surface area contributed by atoms with Crippen molar-refractivity contribution < 1.29 is 13.6 Å². The number of hydrogen-bond acceptors (Lipinski definition) is 3. The van der Waals surface area contributed by atoms with Crippen LogP contribution in [-0.2, 0) is 17.8 Å². The van der Waals surface area contributed by atoms with Crippen molar-refractivity contribution >= 4 is 23.2 Å². The van der Waals surface area contributed by atoms with E-state index in [1.54, 1.807) is 25.4 Å². The van der Waals surface area contributed by atoms with E-state index in [9.17, 15) is 13.6 Å². The predicted molar refractivity (Wildman–Crippen MR) is 100 cm³/mol. The van der Waals surface area contributed by atoms with Gasteiger partial charge in [0.15, 0.2) is 5.96 Å².